The number of sulfonamides is 1. The van der Waals surface area contributed by atoms with E-state index in [-0.39, 0.29) is 21.7 Å². The lowest BCUT2D eigenvalue weighted by atomic mass is 10.1. The molecular formula is C19H26N6O3S2. The van der Waals surface area contributed by atoms with Crippen molar-refractivity contribution in [1.29, 1.82) is 0 Å². The van der Waals surface area contributed by atoms with Crippen molar-refractivity contribution in [3.05, 3.63) is 52.6 Å². The maximum absolute atomic E-state index is 12.4. The fourth-order valence-electron chi connectivity index (χ4n) is 3.09. The Hall–Kier alpha value is -2.60. The van der Waals surface area contributed by atoms with Crippen LogP contribution >= 0.6 is 11.8 Å². The third-order valence-electron chi connectivity index (χ3n) is 4.33. The molecule has 7 N–H and O–H groups in total. The summed E-state index contributed by atoms with van der Waals surface area (Å²) in [5.74, 6) is 11.4. The third kappa shape index (κ3) is 5.72. The van der Waals surface area contributed by atoms with Gasteiger partial charge in [0.2, 0.25) is 21.1 Å². The van der Waals surface area contributed by atoms with Gasteiger partial charge in [0.25, 0.3) is 0 Å². The predicted octanol–water partition coefficient (Wildman–Crippen LogP) is 1.85. The highest BCUT2D eigenvalue weighted by atomic mass is 32.2. The fourth-order valence-corrected chi connectivity index (χ4v) is 4.32. The van der Waals surface area contributed by atoms with E-state index in [2.05, 4.69) is 10.4 Å². The van der Waals surface area contributed by atoms with Crippen LogP contribution in [0.25, 0.3) is 0 Å². The van der Waals surface area contributed by atoms with Gasteiger partial charge in [-0.05, 0) is 62.6 Å². The maximum atomic E-state index is 12.4. The van der Waals surface area contributed by atoms with Crippen LogP contribution in [-0.2, 0) is 14.8 Å². The minimum absolute atomic E-state index is 0.00404. The Labute approximate surface area is 180 Å². The molecule has 0 aromatic heterocycles. The summed E-state index contributed by atoms with van der Waals surface area (Å²) in [5, 5.41) is 13.2. The van der Waals surface area contributed by atoms with Gasteiger partial charge >= 0.3 is 0 Å². The number of hydrogen-bond acceptors (Lipinski definition) is 7. The van der Waals surface area contributed by atoms with E-state index >= 15 is 0 Å². The Kier molecular flexibility index (Phi) is 7.48. The highest BCUT2D eigenvalue weighted by Crippen LogP contribution is 2.27. The standard InChI is InChI=1S/C19H26N6O3S2/c1-11-7-13(3)18(14(4)8-11)25(21)19(24-20)29-10-17(26)23-16-6-5-15(9-12(16)2)30(22,27)28/h5-9H,10,20-21H2,1-4H3,(H,23,26)(H2,22,27,28)/b24-19+. The van der Waals surface area contributed by atoms with Crippen molar-refractivity contribution in [2.24, 2.45) is 21.9 Å². The second kappa shape index (κ2) is 9.47. The topological polar surface area (TPSA) is 157 Å². The van der Waals surface area contributed by atoms with E-state index in [1.807, 2.05) is 32.9 Å². The number of anilines is 2. The van der Waals surface area contributed by atoms with Gasteiger partial charge in [-0.1, -0.05) is 29.5 Å². The molecule has 0 atom stereocenters. The first-order valence-corrected chi connectivity index (χ1v) is 11.4. The van der Waals surface area contributed by atoms with Crippen LogP contribution in [0, 0.1) is 27.7 Å². The summed E-state index contributed by atoms with van der Waals surface area (Å²) >= 11 is 1.08. The number of nitrogens with zero attached hydrogens (tertiary/aromatic N) is 2. The lowest BCUT2D eigenvalue weighted by Crippen LogP contribution is -2.38. The molecule has 0 bridgehead atoms. The van der Waals surface area contributed by atoms with Gasteiger partial charge in [0.05, 0.1) is 16.3 Å². The first kappa shape index (κ1) is 23.7. The molecule has 0 aliphatic carbocycles. The van der Waals surface area contributed by atoms with E-state index < -0.39 is 10.0 Å². The summed E-state index contributed by atoms with van der Waals surface area (Å²) in [4.78, 5) is 12.4. The molecule has 0 radical (unpaired) electrons. The van der Waals surface area contributed by atoms with Crippen molar-refractivity contribution in [2.75, 3.05) is 16.1 Å². The Balaban J connectivity index is 2.08. The van der Waals surface area contributed by atoms with Gasteiger partial charge in [0.15, 0.2) is 0 Å². The number of benzene rings is 2. The van der Waals surface area contributed by atoms with Gasteiger partial charge in [-0.25, -0.2) is 19.4 Å². The predicted molar refractivity (Wildman–Crippen MR) is 123 cm³/mol. The highest BCUT2D eigenvalue weighted by Gasteiger charge is 2.18. The van der Waals surface area contributed by atoms with Gasteiger partial charge in [0, 0.05) is 5.69 Å². The number of hydrazine groups is 1. The SMILES string of the molecule is Cc1cc(C)c(N(N)/C(=N\N)SCC(=O)Nc2ccc(S(N)(=O)=O)cc2C)c(C)c1. The molecule has 0 heterocycles. The lowest BCUT2D eigenvalue weighted by Gasteiger charge is -2.23. The van der Waals surface area contributed by atoms with Crippen molar-refractivity contribution in [2.45, 2.75) is 32.6 Å². The van der Waals surface area contributed by atoms with Crippen LogP contribution in [0.2, 0.25) is 0 Å². The quantitative estimate of drug-likeness (QED) is 0.234. The molecule has 0 fully saturated rings. The summed E-state index contributed by atoms with van der Waals surface area (Å²) in [6, 6.07) is 8.23. The normalized spacial score (nSPS) is 12.0. The van der Waals surface area contributed by atoms with Gasteiger partial charge in [-0.2, -0.15) is 5.10 Å². The number of aryl methyl sites for hydroxylation is 4. The van der Waals surface area contributed by atoms with Gasteiger partial charge in [0.1, 0.15) is 0 Å². The first-order chi connectivity index (χ1) is 13.9. The van der Waals surface area contributed by atoms with Crippen LogP contribution in [0.4, 0.5) is 11.4 Å². The summed E-state index contributed by atoms with van der Waals surface area (Å²) in [7, 11) is -3.81. The van der Waals surface area contributed by atoms with E-state index in [0.29, 0.717) is 11.3 Å². The van der Waals surface area contributed by atoms with Crippen LogP contribution in [0.5, 0.6) is 0 Å². The minimum Gasteiger partial charge on any atom is -0.325 e. The molecule has 11 heteroatoms. The number of hydrazone groups is 1. The van der Waals surface area contributed by atoms with E-state index in [1.54, 1.807) is 6.92 Å². The van der Waals surface area contributed by atoms with Crippen LogP contribution in [0.3, 0.4) is 0 Å². The second-order valence-electron chi connectivity index (χ2n) is 6.89. The second-order valence-corrected chi connectivity index (χ2v) is 9.39. The number of nitrogens with one attached hydrogen (secondary N) is 1. The molecule has 0 saturated heterocycles. The van der Waals surface area contributed by atoms with E-state index in [9.17, 15) is 13.2 Å². The molecule has 2 aromatic carbocycles. The molecule has 162 valence electrons. The first-order valence-electron chi connectivity index (χ1n) is 8.90. The monoisotopic (exact) mass is 450 g/mol. The van der Waals surface area contributed by atoms with Crippen LogP contribution in [0.1, 0.15) is 22.3 Å². The Bertz CT molecular complexity index is 1080. The number of amides is 1. The smallest absolute Gasteiger partial charge is 0.238 e. The number of amidine groups is 1. The number of rotatable bonds is 5. The maximum Gasteiger partial charge on any atom is 0.238 e. The van der Waals surface area contributed by atoms with Crippen LogP contribution in [-0.4, -0.2) is 25.2 Å². The van der Waals surface area contributed by atoms with Crippen molar-refractivity contribution < 1.29 is 13.2 Å². The largest absolute Gasteiger partial charge is 0.325 e. The number of hydrogen-bond donors (Lipinski definition) is 4. The van der Waals surface area contributed by atoms with Gasteiger partial charge in [-0.3, -0.25) is 9.80 Å². The molecule has 2 aromatic rings. The Morgan fingerprint density at radius 3 is 2.20 bits per heavy atom. The molecule has 0 unspecified atom stereocenters. The number of carbonyl (C=O) groups is 1. The summed E-state index contributed by atoms with van der Waals surface area (Å²) in [5.41, 5.74) is 4.86. The van der Waals surface area contributed by atoms with Crippen molar-refractivity contribution in [1.82, 2.24) is 0 Å². The Morgan fingerprint density at radius 2 is 1.70 bits per heavy atom. The molecular weight excluding hydrogens is 424 g/mol. The average Bonchev–Trinajstić information content (AvgIpc) is 2.62. The summed E-state index contributed by atoms with van der Waals surface area (Å²) < 4.78 is 22.8. The minimum atomic E-state index is -3.81. The number of primary sulfonamides is 1. The van der Waals surface area contributed by atoms with Crippen molar-refractivity contribution in [3.8, 4) is 0 Å². The zero-order chi connectivity index (χ0) is 22.6. The zero-order valence-electron chi connectivity index (χ0n) is 17.3. The highest BCUT2D eigenvalue weighted by molar-refractivity contribution is 8.14. The summed E-state index contributed by atoms with van der Waals surface area (Å²) in [6.45, 7) is 7.55. The van der Waals surface area contributed by atoms with E-state index in [1.165, 1.54) is 23.2 Å². The number of nitrogens with two attached hydrogens (primary N) is 3. The fraction of sp³-hybridized carbons (Fsp3) is 0.263. The van der Waals surface area contributed by atoms with E-state index in [0.717, 1.165) is 34.1 Å². The zero-order valence-corrected chi connectivity index (χ0v) is 18.9. The Morgan fingerprint density at radius 1 is 1.10 bits per heavy atom. The lowest BCUT2D eigenvalue weighted by molar-refractivity contribution is -0.113. The molecule has 0 aliphatic heterocycles. The van der Waals surface area contributed by atoms with E-state index in [4.69, 9.17) is 16.8 Å². The summed E-state index contributed by atoms with van der Waals surface area (Å²) in [6.07, 6.45) is 0. The average molecular weight is 451 g/mol. The van der Waals surface area contributed by atoms with Gasteiger partial charge < -0.3 is 11.2 Å². The molecule has 0 aliphatic rings. The molecule has 1 amide bonds. The van der Waals surface area contributed by atoms with Gasteiger partial charge in [-0.15, -0.1) is 0 Å². The van der Waals surface area contributed by atoms with Crippen LogP contribution < -0.4 is 27.2 Å². The molecule has 30 heavy (non-hydrogen) atoms. The van der Waals surface area contributed by atoms with Crippen LogP contribution in [0.15, 0.2) is 40.3 Å². The molecule has 2 rings (SSSR count). The molecule has 0 saturated carbocycles. The number of thioether (sulfide) groups is 1. The van der Waals surface area contributed by atoms with Crippen molar-refractivity contribution >= 4 is 44.2 Å². The third-order valence-corrected chi connectivity index (χ3v) is 6.20. The van der Waals surface area contributed by atoms with Crippen molar-refractivity contribution in [3.63, 3.8) is 0 Å². The molecule has 0 spiro atoms. The number of carbonyl (C=O) groups excluding carboxylic acids is 1. The molecule has 9 nitrogen and oxygen atoms in total.